The van der Waals surface area contributed by atoms with Crippen molar-refractivity contribution < 1.29 is 26.2 Å². The van der Waals surface area contributed by atoms with Crippen LogP contribution in [0, 0.1) is 6.07 Å². The van der Waals surface area contributed by atoms with E-state index in [-0.39, 0.29) is 48.5 Å². The minimum atomic E-state index is -0.320. The second-order valence-electron chi connectivity index (χ2n) is 21.0. The number of phenolic OH excluding ortho intramolecular Hbond substituents is 1. The maximum atomic E-state index is 12.5. The molecule has 0 atom stereocenters. The largest absolute Gasteiger partial charge is 0.507 e. The number of phenols is 1. The first-order valence-corrected chi connectivity index (χ1v) is 21.9. The number of para-hydroxylation sites is 1. The second kappa shape index (κ2) is 16.9. The van der Waals surface area contributed by atoms with E-state index in [9.17, 15) is 5.11 Å². The fraction of sp³-hybridized carbons (Fsp3) is 0.276. The summed E-state index contributed by atoms with van der Waals surface area (Å²) in [6.45, 7) is 26.7. The van der Waals surface area contributed by atoms with Gasteiger partial charge in [-0.15, -0.1) is 29.3 Å². The quantitative estimate of drug-likeness (QED) is 0.169. The zero-order valence-electron chi connectivity index (χ0n) is 38.9. The van der Waals surface area contributed by atoms with E-state index in [2.05, 4.69) is 221 Å². The number of fused-ring (bicyclic) bond motifs is 1. The molecule has 0 saturated carbocycles. The SMILES string of the molecule is CC(C)(C)c1cc(-c2cc(-c3ccccc3)ccn2)[c-]c(-c2cccc3c2nc(-c2cc(C(C)(C)C)cc(C(C)(C)C)c2O)n3-c2cc(-c3ccccc3)cc(C(C)(C)C)c2)c1.[Pt]. The normalized spacial score (nSPS) is 12.4. The van der Waals surface area contributed by atoms with Gasteiger partial charge in [0.15, 0.2) is 0 Å². The minimum absolute atomic E-state index is 0. The van der Waals surface area contributed by atoms with Crippen molar-refractivity contribution in [2.24, 2.45) is 0 Å². The minimum Gasteiger partial charge on any atom is -0.507 e. The summed E-state index contributed by atoms with van der Waals surface area (Å²) in [4.78, 5) is 10.6. The van der Waals surface area contributed by atoms with Crippen LogP contribution in [0.1, 0.15) is 105 Å². The average molecular weight is 1010 g/mol. The van der Waals surface area contributed by atoms with Crippen LogP contribution in [0.2, 0.25) is 0 Å². The number of imidazole rings is 1. The molecule has 0 bridgehead atoms. The van der Waals surface area contributed by atoms with Crippen molar-refractivity contribution in [2.75, 3.05) is 0 Å². The maximum Gasteiger partial charge on any atom is 0.148 e. The number of hydrogen-bond acceptors (Lipinski definition) is 3. The summed E-state index contributed by atoms with van der Waals surface area (Å²) in [6.07, 6.45) is 1.89. The fourth-order valence-electron chi connectivity index (χ4n) is 8.21. The summed E-state index contributed by atoms with van der Waals surface area (Å²) in [5, 5.41) is 12.5. The van der Waals surface area contributed by atoms with Crippen molar-refractivity contribution in [3.63, 3.8) is 0 Å². The molecule has 0 saturated heterocycles. The van der Waals surface area contributed by atoms with Crippen molar-refractivity contribution in [3.05, 3.63) is 168 Å². The molecule has 0 aliphatic carbocycles. The molecule has 324 valence electrons. The summed E-state index contributed by atoms with van der Waals surface area (Å²) in [7, 11) is 0. The molecule has 2 aromatic heterocycles. The van der Waals surface area contributed by atoms with Gasteiger partial charge >= 0.3 is 0 Å². The van der Waals surface area contributed by atoms with Gasteiger partial charge in [0.2, 0.25) is 0 Å². The molecular formula is C58H60N3OPt-. The monoisotopic (exact) mass is 1010 g/mol. The number of nitrogens with zero attached hydrogens (tertiary/aromatic N) is 3. The molecule has 1 N–H and O–H groups in total. The van der Waals surface area contributed by atoms with E-state index >= 15 is 0 Å². The smallest absolute Gasteiger partial charge is 0.148 e. The van der Waals surface area contributed by atoms with Crippen molar-refractivity contribution in [1.29, 1.82) is 0 Å². The molecule has 8 aromatic rings. The van der Waals surface area contributed by atoms with E-state index in [0.717, 1.165) is 72.5 Å². The third-order valence-electron chi connectivity index (χ3n) is 12.0. The molecule has 0 aliphatic rings. The Hall–Kier alpha value is -5.57. The van der Waals surface area contributed by atoms with Gasteiger partial charge < -0.3 is 5.11 Å². The van der Waals surface area contributed by atoms with Crippen molar-refractivity contribution in [2.45, 2.75) is 105 Å². The van der Waals surface area contributed by atoms with E-state index < -0.39 is 0 Å². The Bertz CT molecular complexity index is 2930. The third-order valence-corrected chi connectivity index (χ3v) is 12.0. The van der Waals surface area contributed by atoms with Crippen LogP contribution >= 0.6 is 0 Å². The summed E-state index contributed by atoms with van der Waals surface area (Å²) in [5.74, 6) is 0.947. The second-order valence-corrected chi connectivity index (χ2v) is 21.0. The van der Waals surface area contributed by atoms with Crippen LogP contribution < -0.4 is 0 Å². The molecule has 0 radical (unpaired) electrons. The van der Waals surface area contributed by atoms with E-state index in [1.165, 1.54) is 11.1 Å². The Labute approximate surface area is 389 Å². The number of benzene rings is 6. The van der Waals surface area contributed by atoms with Gasteiger partial charge in [0, 0.05) is 44.2 Å². The molecule has 6 aromatic carbocycles. The number of aromatic hydroxyl groups is 1. The molecule has 0 unspecified atom stereocenters. The van der Waals surface area contributed by atoms with Gasteiger partial charge in [0.05, 0.1) is 16.6 Å². The first-order chi connectivity index (χ1) is 29.2. The van der Waals surface area contributed by atoms with Crippen LogP contribution in [0.3, 0.4) is 0 Å². The van der Waals surface area contributed by atoms with E-state index in [4.69, 9.17) is 9.97 Å². The Balaban J connectivity index is 0.00000595. The Morgan fingerprint density at radius 1 is 0.492 bits per heavy atom. The average Bonchev–Trinajstić information content (AvgIpc) is 3.62. The molecule has 2 heterocycles. The molecule has 63 heavy (non-hydrogen) atoms. The molecule has 0 aliphatic heterocycles. The summed E-state index contributed by atoms with van der Waals surface area (Å²) < 4.78 is 2.27. The van der Waals surface area contributed by atoms with Gasteiger partial charge in [-0.3, -0.25) is 9.55 Å². The van der Waals surface area contributed by atoms with Crippen LogP contribution in [0.25, 0.3) is 72.7 Å². The van der Waals surface area contributed by atoms with Crippen LogP contribution in [-0.4, -0.2) is 19.6 Å². The van der Waals surface area contributed by atoms with Gasteiger partial charge in [-0.2, -0.15) is 0 Å². The predicted octanol–water partition coefficient (Wildman–Crippen LogP) is 15.4. The van der Waals surface area contributed by atoms with Crippen LogP contribution in [-0.2, 0) is 42.7 Å². The van der Waals surface area contributed by atoms with Crippen LogP contribution in [0.5, 0.6) is 5.75 Å². The first kappa shape index (κ1) is 45.5. The fourth-order valence-corrected chi connectivity index (χ4v) is 8.21. The third kappa shape index (κ3) is 9.25. The summed E-state index contributed by atoms with van der Waals surface area (Å²) >= 11 is 0. The van der Waals surface area contributed by atoms with Crippen molar-refractivity contribution in [1.82, 2.24) is 14.5 Å². The molecule has 0 fully saturated rings. The number of aromatic nitrogens is 3. The number of pyridine rings is 1. The van der Waals surface area contributed by atoms with Gasteiger partial charge in [-0.1, -0.05) is 185 Å². The molecule has 8 rings (SSSR count). The molecule has 4 nitrogen and oxygen atoms in total. The number of hydrogen-bond donors (Lipinski definition) is 1. The van der Waals surface area contributed by atoms with E-state index in [1.807, 2.05) is 12.3 Å². The predicted molar refractivity (Wildman–Crippen MR) is 261 cm³/mol. The van der Waals surface area contributed by atoms with Gasteiger partial charge in [-0.25, -0.2) is 4.98 Å². The van der Waals surface area contributed by atoms with Gasteiger partial charge in [-0.05, 0) is 85.4 Å². The Morgan fingerprint density at radius 3 is 1.67 bits per heavy atom. The zero-order chi connectivity index (χ0) is 44.4. The first-order valence-electron chi connectivity index (χ1n) is 21.9. The Kier molecular flexibility index (Phi) is 12.2. The van der Waals surface area contributed by atoms with Crippen molar-refractivity contribution in [3.8, 4) is 67.5 Å². The zero-order valence-corrected chi connectivity index (χ0v) is 41.2. The molecule has 5 heteroatoms. The number of rotatable bonds is 6. The maximum absolute atomic E-state index is 12.5. The van der Waals surface area contributed by atoms with E-state index in [0.29, 0.717) is 11.4 Å². The molecule has 0 amide bonds. The Morgan fingerprint density at radius 2 is 1.06 bits per heavy atom. The molecule has 0 spiro atoms. The van der Waals surface area contributed by atoms with Crippen molar-refractivity contribution >= 4 is 11.0 Å². The summed E-state index contributed by atoms with van der Waals surface area (Å²) in [6, 6.07) is 51.3. The topological polar surface area (TPSA) is 50.9 Å². The van der Waals surface area contributed by atoms with Crippen LogP contribution in [0.15, 0.2) is 140 Å². The summed E-state index contributed by atoms with van der Waals surface area (Å²) in [5.41, 5.74) is 15.3. The van der Waals surface area contributed by atoms with Gasteiger partial charge in [0.1, 0.15) is 11.6 Å². The van der Waals surface area contributed by atoms with Crippen LogP contribution in [0.4, 0.5) is 0 Å². The van der Waals surface area contributed by atoms with E-state index in [1.54, 1.807) is 0 Å². The van der Waals surface area contributed by atoms with Gasteiger partial charge in [0.25, 0.3) is 0 Å². The molecular weight excluding hydrogens is 950 g/mol. The standard InChI is InChI=1S/C58H60N3O.Pt/c1-55(2,3)43-30-41(28-42(31-43)50-33-39(26-27-59-50)37-20-15-13-16-21-37)47-24-19-25-51-52(47)60-54(48-35-45(57(7,8)9)36-49(53(48)62)58(10,11)12)61(51)46-32-40(38-22-17-14-18-23-38)29-44(34-46)56(4,5)6;/h13-27,29-36,62H,1-12H3;/q-1;.